The minimum Gasteiger partial charge on any atom is -0.477 e. The van der Waals surface area contributed by atoms with E-state index in [2.05, 4.69) is 4.72 Å². The number of hydrogen-bond acceptors (Lipinski definition) is 5. The second-order valence-corrected chi connectivity index (χ2v) is 6.80. The molecular weight excluding hydrogens is 278 g/mol. The SMILES string of the molecule is O=C(O)c1sccc1NS(=O)(=O)C1CCOCC1. The zero-order valence-electron chi connectivity index (χ0n) is 9.46. The van der Waals surface area contributed by atoms with Crippen LogP contribution in [0.5, 0.6) is 0 Å². The smallest absolute Gasteiger partial charge is 0.348 e. The molecule has 0 bridgehead atoms. The van der Waals surface area contributed by atoms with E-state index < -0.39 is 21.2 Å². The first kappa shape index (κ1) is 13.3. The van der Waals surface area contributed by atoms with Crippen LogP contribution in [0.4, 0.5) is 5.69 Å². The van der Waals surface area contributed by atoms with E-state index in [1.54, 1.807) is 5.38 Å². The second kappa shape index (κ2) is 5.25. The molecule has 2 N–H and O–H groups in total. The Morgan fingerprint density at radius 3 is 2.72 bits per heavy atom. The maximum Gasteiger partial charge on any atom is 0.348 e. The molecule has 0 spiro atoms. The molecular formula is C10H13NO5S2. The Labute approximate surface area is 109 Å². The molecule has 8 heteroatoms. The summed E-state index contributed by atoms with van der Waals surface area (Å²) < 4.78 is 31.6. The van der Waals surface area contributed by atoms with Crippen LogP contribution in [-0.2, 0) is 14.8 Å². The average molecular weight is 291 g/mol. The Bertz CT molecular complexity index is 530. The van der Waals surface area contributed by atoms with Gasteiger partial charge in [0.2, 0.25) is 10.0 Å². The Kier molecular flexibility index (Phi) is 3.88. The maximum absolute atomic E-state index is 12.1. The van der Waals surface area contributed by atoms with Crippen LogP contribution in [0, 0.1) is 0 Å². The van der Waals surface area contributed by atoms with Crippen molar-refractivity contribution in [3.8, 4) is 0 Å². The van der Waals surface area contributed by atoms with E-state index in [-0.39, 0.29) is 10.6 Å². The zero-order valence-corrected chi connectivity index (χ0v) is 11.1. The van der Waals surface area contributed by atoms with Gasteiger partial charge < -0.3 is 9.84 Å². The summed E-state index contributed by atoms with van der Waals surface area (Å²) in [6.07, 6.45) is 0.865. The van der Waals surface area contributed by atoms with Gasteiger partial charge in [-0.05, 0) is 24.3 Å². The number of carboxylic acid groups (broad SMARTS) is 1. The van der Waals surface area contributed by atoms with Gasteiger partial charge in [0.15, 0.2) is 0 Å². The Balaban J connectivity index is 2.16. The predicted octanol–water partition coefficient (Wildman–Crippen LogP) is 1.37. The van der Waals surface area contributed by atoms with Crippen molar-refractivity contribution in [2.75, 3.05) is 17.9 Å². The van der Waals surface area contributed by atoms with E-state index in [0.29, 0.717) is 26.1 Å². The van der Waals surface area contributed by atoms with Gasteiger partial charge in [-0.25, -0.2) is 13.2 Å². The summed E-state index contributed by atoms with van der Waals surface area (Å²) in [4.78, 5) is 10.9. The molecule has 0 aliphatic carbocycles. The molecule has 1 saturated heterocycles. The van der Waals surface area contributed by atoms with Crippen molar-refractivity contribution < 1.29 is 23.1 Å². The summed E-state index contributed by atoms with van der Waals surface area (Å²) >= 11 is 0.994. The molecule has 0 saturated carbocycles. The number of hydrogen-bond donors (Lipinski definition) is 2. The summed E-state index contributed by atoms with van der Waals surface area (Å²) in [6, 6.07) is 1.46. The third-order valence-corrected chi connectivity index (χ3v) is 5.47. The topological polar surface area (TPSA) is 92.7 Å². The van der Waals surface area contributed by atoms with E-state index in [9.17, 15) is 13.2 Å². The van der Waals surface area contributed by atoms with Gasteiger partial charge >= 0.3 is 5.97 Å². The normalized spacial score (nSPS) is 17.6. The van der Waals surface area contributed by atoms with Crippen LogP contribution in [0.15, 0.2) is 11.4 Å². The third kappa shape index (κ3) is 2.82. The molecule has 0 amide bonds. The molecule has 1 aliphatic heterocycles. The molecule has 0 atom stereocenters. The molecule has 0 unspecified atom stereocenters. The van der Waals surface area contributed by atoms with E-state index in [1.807, 2.05) is 0 Å². The fourth-order valence-corrected chi connectivity index (χ4v) is 3.99. The zero-order chi connectivity index (χ0) is 13.2. The third-order valence-electron chi connectivity index (χ3n) is 2.72. The first-order chi connectivity index (χ1) is 8.50. The molecule has 2 heterocycles. The van der Waals surface area contributed by atoms with E-state index in [0.717, 1.165) is 11.3 Å². The highest BCUT2D eigenvalue weighted by molar-refractivity contribution is 7.93. The van der Waals surface area contributed by atoms with Crippen LogP contribution in [0.25, 0.3) is 0 Å². The number of thiophene rings is 1. The first-order valence-electron chi connectivity index (χ1n) is 5.41. The lowest BCUT2D eigenvalue weighted by molar-refractivity contribution is 0.0703. The molecule has 1 fully saturated rings. The van der Waals surface area contributed by atoms with E-state index >= 15 is 0 Å². The number of carbonyl (C=O) groups is 1. The van der Waals surface area contributed by atoms with Crippen molar-refractivity contribution in [2.45, 2.75) is 18.1 Å². The van der Waals surface area contributed by atoms with E-state index in [4.69, 9.17) is 9.84 Å². The quantitative estimate of drug-likeness (QED) is 0.874. The molecule has 18 heavy (non-hydrogen) atoms. The highest BCUT2D eigenvalue weighted by Gasteiger charge is 2.29. The number of aromatic carboxylic acids is 1. The van der Waals surface area contributed by atoms with Crippen LogP contribution >= 0.6 is 11.3 Å². The molecule has 0 aromatic carbocycles. The number of rotatable bonds is 4. The first-order valence-corrected chi connectivity index (χ1v) is 7.83. The predicted molar refractivity (Wildman–Crippen MR) is 67.7 cm³/mol. The Morgan fingerprint density at radius 1 is 1.44 bits per heavy atom. The minimum atomic E-state index is -3.55. The van der Waals surface area contributed by atoms with Crippen molar-refractivity contribution >= 4 is 33.0 Å². The van der Waals surface area contributed by atoms with Crippen LogP contribution < -0.4 is 4.72 Å². The number of ether oxygens (including phenoxy) is 1. The van der Waals surface area contributed by atoms with Gasteiger partial charge in [0.1, 0.15) is 4.88 Å². The Hall–Kier alpha value is -1.12. The van der Waals surface area contributed by atoms with Gasteiger partial charge in [0.05, 0.1) is 10.9 Å². The number of carboxylic acids is 1. The fourth-order valence-electron chi connectivity index (χ4n) is 1.78. The molecule has 2 rings (SSSR count). The summed E-state index contributed by atoms with van der Waals surface area (Å²) in [6.45, 7) is 0.835. The van der Waals surface area contributed by atoms with E-state index in [1.165, 1.54) is 6.07 Å². The molecule has 1 aliphatic rings. The second-order valence-electron chi connectivity index (χ2n) is 3.93. The molecule has 100 valence electrons. The maximum atomic E-state index is 12.1. The van der Waals surface area contributed by atoms with Crippen LogP contribution in [0.3, 0.4) is 0 Å². The number of sulfonamides is 1. The lowest BCUT2D eigenvalue weighted by atomic mass is 10.2. The van der Waals surface area contributed by atoms with Crippen molar-refractivity contribution in [3.63, 3.8) is 0 Å². The van der Waals surface area contributed by atoms with Gasteiger partial charge in [0, 0.05) is 13.2 Å². The molecule has 1 aromatic rings. The van der Waals surface area contributed by atoms with Crippen molar-refractivity contribution in [1.82, 2.24) is 0 Å². The summed E-state index contributed by atoms with van der Waals surface area (Å²) in [7, 11) is -3.55. The molecule has 1 aromatic heterocycles. The standard InChI is InChI=1S/C10H13NO5S2/c12-10(13)9-8(3-6-17-9)11-18(14,15)7-1-4-16-5-2-7/h3,6-7,11H,1-2,4-5H2,(H,12,13). The summed E-state index contributed by atoms with van der Waals surface area (Å²) in [5, 5.41) is 9.94. The van der Waals surface area contributed by atoms with Gasteiger partial charge in [-0.1, -0.05) is 0 Å². The largest absolute Gasteiger partial charge is 0.477 e. The molecule has 0 radical (unpaired) electrons. The van der Waals surface area contributed by atoms with Gasteiger partial charge in [-0.3, -0.25) is 4.72 Å². The van der Waals surface area contributed by atoms with Crippen molar-refractivity contribution in [2.24, 2.45) is 0 Å². The van der Waals surface area contributed by atoms with Crippen LogP contribution in [0.2, 0.25) is 0 Å². The average Bonchev–Trinajstić information content (AvgIpc) is 2.78. The number of nitrogens with one attached hydrogen (secondary N) is 1. The lowest BCUT2D eigenvalue weighted by Crippen LogP contribution is -2.33. The summed E-state index contributed by atoms with van der Waals surface area (Å²) in [5.74, 6) is -1.13. The lowest BCUT2D eigenvalue weighted by Gasteiger charge is -2.22. The minimum absolute atomic E-state index is 0.00522. The van der Waals surface area contributed by atoms with Crippen LogP contribution in [-0.4, -0.2) is 38.0 Å². The van der Waals surface area contributed by atoms with Gasteiger partial charge in [-0.15, -0.1) is 11.3 Å². The number of anilines is 1. The highest BCUT2D eigenvalue weighted by atomic mass is 32.2. The summed E-state index contributed by atoms with van der Waals surface area (Å²) in [5.41, 5.74) is 0.138. The van der Waals surface area contributed by atoms with Crippen LogP contribution in [0.1, 0.15) is 22.5 Å². The molecule has 6 nitrogen and oxygen atoms in total. The van der Waals surface area contributed by atoms with Crippen molar-refractivity contribution in [3.05, 3.63) is 16.3 Å². The fraction of sp³-hybridized carbons (Fsp3) is 0.500. The van der Waals surface area contributed by atoms with Crippen molar-refractivity contribution in [1.29, 1.82) is 0 Å². The van der Waals surface area contributed by atoms with Gasteiger partial charge in [0.25, 0.3) is 0 Å². The Morgan fingerprint density at radius 2 is 2.11 bits per heavy atom. The highest BCUT2D eigenvalue weighted by Crippen LogP contribution is 2.26. The van der Waals surface area contributed by atoms with Gasteiger partial charge in [-0.2, -0.15) is 0 Å². The monoisotopic (exact) mass is 291 g/mol.